The van der Waals surface area contributed by atoms with Gasteiger partial charge in [0.25, 0.3) is 5.91 Å². The second-order valence-electron chi connectivity index (χ2n) is 7.33. The lowest BCUT2D eigenvalue weighted by atomic mass is 9.98. The molecule has 3 rings (SSSR count). The quantitative estimate of drug-likeness (QED) is 0.862. The van der Waals surface area contributed by atoms with E-state index in [2.05, 4.69) is 5.32 Å². The van der Waals surface area contributed by atoms with E-state index in [1.807, 2.05) is 26.0 Å². The molecule has 0 saturated carbocycles. The highest BCUT2D eigenvalue weighted by Gasteiger charge is 2.57. The Morgan fingerprint density at radius 1 is 1.28 bits per heavy atom. The van der Waals surface area contributed by atoms with E-state index in [9.17, 15) is 19.5 Å². The highest BCUT2D eigenvalue weighted by Crippen LogP contribution is 2.56. The van der Waals surface area contributed by atoms with Gasteiger partial charge < -0.3 is 20.1 Å². The first-order valence-electron chi connectivity index (χ1n) is 8.26. The fraction of sp³-hybridized carbons (Fsp3) is 0.500. The van der Waals surface area contributed by atoms with E-state index in [1.54, 1.807) is 42.6 Å². The molecule has 2 heterocycles. The molecule has 0 aliphatic carbocycles. The lowest BCUT2D eigenvalue weighted by molar-refractivity contribution is -0.309. The van der Waals surface area contributed by atoms with Crippen molar-refractivity contribution < 1.29 is 19.5 Å². The normalized spacial score (nSPS) is 24.8. The molecule has 0 radical (unpaired) electrons. The Morgan fingerprint density at radius 3 is 2.52 bits per heavy atom. The Morgan fingerprint density at radius 2 is 1.92 bits per heavy atom. The number of hydrogen-bond acceptors (Lipinski definition) is 5. The number of nitrogens with one attached hydrogen (secondary N) is 1. The zero-order chi connectivity index (χ0) is 18.5. The number of carboxylic acid groups (broad SMARTS) is 1. The van der Waals surface area contributed by atoms with E-state index in [0.29, 0.717) is 5.56 Å². The van der Waals surface area contributed by atoms with Crippen molar-refractivity contribution in [3.05, 3.63) is 35.4 Å². The predicted molar refractivity (Wildman–Crippen MR) is 92.6 cm³/mol. The van der Waals surface area contributed by atoms with Crippen molar-refractivity contribution in [2.45, 2.75) is 49.9 Å². The van der Waals surface area contributed by atoms with Crippen LogP contribution < -0.4 is 10.4 Å². The van der Waals surface area contributed by atoms with Crippen LogP contribution >= 0.6 is 11.8 Å². The van der Waals surface area contributed by atoms with Crippen LogP contribution in [0.4, 0.5) is 0 Å². The number of rotatable bonds is 4. The van der Waals surface area contributed by atoms with Gasteiger partial charge in [-0.3, -0.25) is 9.59 Å². The molecule has 7 heteroatoms. The van der Waals surface area contributed by atoms with Gasteiger partial charge in [0.05, 0.1) is 12.0 Å². The first-order valence-corrected chi connectivity index (χ1v) is 9.13. The van der Waals surface area contributed by atoms with Gasteiger partial charge in [0, 0.05) is 10.3 Å². The second-order valence-corrected chi connectivity index (χ2v) is 9.06. The molecule has 0 spiro atoms. The average Bonchev–Trinajstić information content (AvgIpc) is 2.95. The van der Waals surface area contributed by atoms with Crippen LogP contribution in [-0.4, -0.2) is 39.5 Å². The van der Waals surface area contributed by atoms with Crippen LogP contribution in [-0.2, 0) is 9.59 Å². The monoisotopic (exact) mass is 361 g/mol. The summed E-state index contributed by atoms with van der Waals surface area (Å²) < 4.78 is -0.536. The maximum Gasteiger partial charge on any atom is 0.256 e. The molecule has 0 bridgehead atoms. The zero-order valence-corrected chi connectivity index (χ0v) is 15.4. The van der Waals surface area contributed by atoms with Crippen molar-refractivity contribution in [2.75, 3.05) is 0 Å². The second kappa shape index (κ2) is 6.05. The number of hydrogen-bond donors (Lipinski definition) is 1. The van der Waals surface area contributed by atoms with E-state index in [4.69, 9.17) is 0 Å². The Bertz CT molecular complexity index is 746. The van der Waals surface area contributed by atoms with Gasteiger partial charge >= 0.3 is 0 Å². The van der Waals surface area contributed by atoms with E-state index in [1.165, 1.54) is 0 Å². The number of fused-ring (bicyclic) bond motifs is 3. The van der Waals surface area contributed by atoms with Crippen LogP contribution in [0.3, 0.4) is 0 Å². The van der Waals surface area contributed by atoms with Gasteiger partial charge in [-0.25, -0.2) is 0 Å². The first-order chi connectivity index (χ1) is 11.6. The van der Waals surface area contributed by atoms with Gasteiger partial charge in [-0.05, 0) is 31.4 Å². The maximum absolute atomic E-state index is 12.9. The highest BCUT2D eigenvalue weighted by molar-refractivity contribution is 8.01. The van der Waals surface area contributed by atoms with Crippen molar-refractivity contribution >= 4 is 29.5 Å². The minimum absolute atomic E-state index is 0.187. The van der Waals surface area contributed by atoms with Gasteiger partial charge in [0.15, 0.2) is 0 Å². The predicted octanol–water partition coefficient (Wildman–Crippen LogP) is 0.926. The SMILES string of the molecule is CC(C)[C@@H](NC(=O)[C@H]1N2C(=O)c3ccccc3[C@H]2SC1(C)C)C(=O)[O-]. The summed E-state index contributed by atoms with van der Waals surface area (Å²) in [6.45, 7) is 7.21. The molecule has 1 saturated heterocycles. The summed E-state index contributed by atoms with van der Waals surface area (Å²) in [6.07, 6.45) is 0. The van der Waals surface area contributed by atoms with Crippen LogP contribution in [0.15, 0.2) is 24.3 Å². The molecule has 1 aromatic rings. The summed E-state index contributed by atoms with van der Waals surface area (Å²) >= 11 is 1.55. The topological polar surface area (TPSA) is 89.5 Å². The summed E-state index contributed by atoms with van der Waals surface area (Å²) in [5.41, 5.74) is 1.51. The molecule has 1 fully saturated rings. The number of carboxylic acids is 1. The summed E-state index contributed by atoms with van der Waals surface area (Å²) in [5, 5.41) is 13.6. The Kier molecular flexibility index (Phi) is 4.31. The maximum atomic E-state index is 12.9. The molecule has 25 heavy (non-hydrogen) atoms. The fourth-order valence-corrected chi connectivity index (χ4v) is 5.12. The van der Waals surface area contributed by atoms with E-state index >= 15 is 0 Å². The number of benzene rings is 1. The van der Waals surface area contributed by atoms with Crippen molar-refractivity contribution in [2.24, 2.45) is 5.92 Å². The Hall–Kier alpha value is -2.02. The molecule has 1 N–H and O–H groups in total. The molecule has 134 valence electrons. The molecule has 3 atom stereocenters. The van der Waals surface area contributed by atoms with Crippen molar-refractivity contribution in [1.29, 1.82) is 0 Å². The minimum Gasteiger partial charge on any atom is -0.548 e. The highest BCUT2D eigenvalue weighted by atomic mass is 32.2. The molecule has 2 aliphatic rings. The number of aliphatic carboxylic acids is 1. The molecule has 0 unspecified atom stereocenters. The minimum atomic E-state index is -1.32. The van der Waals surface area contributed by atoms with Gasteiger partial charge in [-0.15, -0.1) is 11.8 Å². The Labute approximate surface area is 151 Å². The van der Waals surface area contributed by atoms with Gasteiger partial charge in [-0.2, -0.15) is 0 Å². The van der Waals surface area contributed by atoms with Crippen LogP contribution in [0, 0.1) is 5.92 Å². The Balaban J connectivity index is 1.93. The number of thioether (sulfide) groups is 1. The average molecular weight is 361 g/mol. The van der Waals surface area contributed by atoms with Crippen molar-refractivity contribution in [1.82, 2.24) is 10.2 Å². The number of amides is 2. The third-order valence-corrected chi connectivity index (χ3v) is 6.30. The fourth-order valence-electron chi connectivity index (χ4n) is 3.53. The van der Waals surface area contributed by atoms with Crippen LogP contribution in [0.25, 0.3) is 0 Å². The summed E-state index contributed by atoms with van der Waals surface area (Å²) in [5.74, 6) is -2.27. The lowest BCUT2D eigenvalue weighted by Crippen LogP contribution is -2.58. The van der Waals surface area contributed by atoms with Crippen molar-refractivity contribution in [3.63, 3.8) is 0 Å². The molecule has 0 aromatic heterocycles. The van der Waals surface area contributed by atoms with Gasteiger partial charge in [-0.1, -0.05) is 32.0 Å². The standard InChI is InChI=1S/C18H22N2O4S/c1-9(2)12(17(23)24)19-14(21)13-18(3,4)25-16-11-8-6-5-7-10(11)15(22)20(13)16/h5-9,12-13,16H,1-4H3,(H,19,21)(H,23,24)/p-1/t12-,13-,16-/m1/s1. The molecule has 1 aromatic carbocycles. The third kappa shape index (κ3) is 2.80. The van der Waals surface area contributed by atoms with E-state index in [0.717, 1.165) is 5.56 Å². The molecular weight excluding hydrogens is 340 g/mol. The molecule has 2 aliphatic heterocycles. The van der Waals surface area contributed by atoms with Crippen molar-refractivity contribution in [3.8, 4) is 0 Å². The van der Waals surface area contributed by atoms with Gasteiger partial charge in [0.2, 0.25) is 5.91 Å². The number of carbonyl (C=O) groups is 3. The third-order valence-electron chi connectivity index (χ3n) is 4.76. The summed E-state index contributed by atoms with van der Waals surface area (Å²) in [7, 11) is 0. The first kappa shape index (κ1) is 17.8. The molecular formula is C18H21N2O4S-. The molecule has 6 nitrogen and oxygen atoms in total. The van der Waals surface area contributed by atoms with E-state index in [-0.39, 0.29) is 17.2 Å². The molecule has 2 amide bonds. The largest absolute Gasteiger partial charge is 0.548 e. The number of nitrogens with zero attached hydrogens (tertiary/aromatic N) is 1. The lowest BCUT2D eigenvalue weighted by Gasteiger charge is -2.32. The van der Waals surface area contributed by atoms with E-state index < -0.39 is 28.7 Å². The summed E-state index contributed by atoms with van der Waals surface area (Å²) in [4.78, 5) is 38.6. The smallest absolute Gasteiger partial charge is 0.256 e. The zero-order valence-electron chi connectivity index (χ0n) is 14.6. The van der Waals surface area contributed by atoms with Crippen LogP contribution in [0.1, 0.15) is 49.0 Å². The summed E-state index contributed by atoms with van der Waals surface area (Å²) in [6, 6.07) is 5.50. The van der Waals surface area contributed by atoms with Crippen LogP contribution in [0.2, 0.25) is 0 Å². The van der Waals surface area contributed by atoms with Gasteiger partial charge in [0.1, 0.15) is 11.4 Å². The van der Waals surface area contributed by atoms with Crippen LogP contribution in [0.5, 0.6) is 0 Å². The number of carbonyl (C=O) groups excluding carboxylic acids is 3.